The molecular weight excluding hydrogens is 156 g/mol. The zero-order chi connectivity index (χ0) is 8.72. The second-order valence-electron chi connectivity index (χ2n) is 3.10. The highest BCUT2D eigenvalue weighted by Crippen LogP contribution is 2.14. The van der Waals surface area contributed by atoms with Crippen molar-refractivity contribution >= 4 is 0 Å². The van der Waals surface area contributed by atoms with Gasteiger partial charge in [0.05, 0.1) is 11.3 Å². The van der Waals surface area contributed by atoms with Crippen molar-refractivity contribution in [2.45, 2.75) is 12.6 Å². The number of nitrogens with zero attached hydrogens (tertiary/aromatic N) is 1. The summed E-state index contributed by atoms with van der Waals surface area (Å²) >= 11 is 0. The van der Waals surface area contributed by atoms with Crippen LogP contribution in [0.3, 0.4) is 0 Å². The van der Waals surface area contributed by atoms with Gasteiger partial charge in [-0.2, -0.15) is 0 Å². The van der Waals surface area contributed by atoms with E-state index in [-0.39, 0.29) is 11.6 Å². The third kappa shape index (κ3) is 0.904. The van der Waals surface area contributed by atoms with Gasteiger partial charge in [-0.3, -0.25) is 14.6 Å². The Labute approximate surface area is 69.5 Å². The molecule has 1 aromatic heterocycles. The Balaban J connectivity index is 2.63. The van der Waals surface area contributed by atoms with Crippen molar-refractivity contribution in [2.75, 3.05) is 6.54 Å². The number of fused-ring (bicyclic) bond motifs is 1. The van der Waals surface area contributed by atoms with Gasteiger partial charge in [-0.25, -0.2) is 0 Å². The molecule has 2 rings (SSSR count). The number of hydrogen-bond donors (Lipinski definition) is 3. The summed E-state index contributed by atoms with van der Waals surface area (Å²) in [5.41, 5.74) is 7.41. The fraction of sp³-hybridized carbons (Fsp3) is 0.571. The number of H-pyrrole nitrogens is 1. The molecule has 5 nitrogen and oxygen atoms in total. The third-order valence-corrected chi connectivity index (χ3v) is 2.26. The maximum atomic E-state index is 11.3. The van der Waals surface area contributed by atoms with E-state index in [1.54, 1.807) is 4.68 Å². The minimum Gasteiger partial charge on any atom is -0.323 e. The van der Waals surface area contributed by atoms with Gasteiger partial charge < -0.3 is 11.1 Å². The summed E-state index contributed by atoms with van der Waals surface area (Å²) in [6, 6.07) is -0.168. The summed E-state index contributed by atoms with van der Waals surface area (Å²) in [7, 11) is 1.82. The number of aromatic nitrogens is 2. The molecule has 0 amide bonds. The quantitative estimate of drug-likeness (QED) is 0.456. The number of aromatic amines is 1. The lowest BCUT2D eigenvalue weighted by atomic mass is 10.1. The van der Waals surface area contributed by atoms with Gasteiger partial charge in [0.1, 0.15) is 0 Å². The Morgan fingerprint density at radius 2 is 2.42 bits per heavy atom. The molecule has 2 heterocycles. The van der Waals surface area contributed by atoms with Gasteiger partial charge in [0.25, 0.3) is 5.56 Å². The highest BCUT2D eigenvalue weighted by molar-refractivity contribution is 5.24. The van der Waals surface area contributed by atoms with Gasteiger partial charge in [0.2, 0.25) is 0 Å². The first-order valence-corrected chi connectivity index (χ1v) is 3.94. The number of nitrogens with one attached hydrogen (secondary N) is 2. The highest BCUT2D eigenvalue weighted by atomic mass is 16.1. The Kier molecular flexibility index (Phi) is 1.55. The van der Waals surface area contributed by atoms with Crippen molar-refractivity contribution < 1.29 is 0 Å². The van der Waals surface area contributed by atoms with Gasteiger partial charge >= 0.3 is 0 Å². The normalized spacial score (nSPS) is 22.3. The molecule has 1 atom stereocenters. The average Bonchev–Trinajstić information content (AvgIpc) is 2.29. The third-order valence-electron chi connectivity index (χ3n) is 2.26. The summed E-state index contributed by atoms with van der Waals surface area (Å²) in [5.74, 6) is 0. The van der Waals surface area contributed by atoms with Crippen LogP contribution in [0.1, 0.15) is 17.3 Å². The molecule has 1 aliphatic rings. The fourth-order valence-corrected chi connectivity index (χ4v) is 1.64. The number of rotatable bonds is 0. The van der Waals surface area contributed by atoms with Crippen molar-refractivity contribution in [3.05, 3.63) is 21.6 Å². The first-order chi connectivity index (χ1) is 5.70. The predicted molar refractivity (Wildman–Crippen MR) is 44.7 cm³/mol. The van der Waals surface area contributed by atoms with E-state index < -0.39 is 0 Å². The Morgan fingerprint density at radius 1 is 1.67 bits per heavy atom. The van der Waals surface area contributed by atoms with Gasteiger partial charge in [0.15, 0.2) is 0 Å². The molecule has 12 heavy (non-hydrogen) atoms. The number of aryl methyl sites for hydroxylation is 1. The lowest BCUT2D eigenvalue weighted by molar-refractivity contribution is 0.530. The molecule has 0 aromatic carbocycles. The van der Waals surface area contributed by atoms with Crippen LogP contribution < -0.4 is 16.6 Å². The molecule has 0 radical (unpaired) electrons. The molecule has 0 saturated heterocycles. The Hall–Kier alpha value is -1.07. The van der Waals surface area contributed by atoms with Crippen LogP contribution in [0, 0.1) is 0 Å². The maximum Gasteiger partial charge on any atom is 0.269 e. The molecule has 1 aromatic rings. The Morgan fingerprint density at radius 3 is 3.08 bits per heavy atom. The zero-order valence-electron chi connectivity index (χ0n) is 6.92. The van der Waals surface area contributed by atoms with Crippen LogP contribution in [-0.4, -0.2) is 16.3 Å². The predicted octanol–water partition coefficient (Wildman–Crippen LogP) is -1.18. The van der Waals surface area contributed by atoms with Gasteiger partial charge in [0, 0.05) is 26.2 Å². The molecular formula is C7H12N4O. The average molecular weight is 168 g/mol. The highest BCUT2D eigenvalue weighted by Gasteiger charge is 2.22. The van der Waals surface area contributed by atoms with Crippen molar-refractivity contribution in [3.63, 3.8) is 0 Å². The van der Waals surface area contributed by atoms with Crippen molar-refractivity contribution in [2.24, 2.45) is 12.8 Å². The van der Waals surface area contributed by atoms with Crippen molar-refractivity contribution in [1.82, 2.24) is 15.1 Å². The molecule has 0 bridgehead atoms. The molecule has 66 valence electrons. The minimum atomic E-state index is -0.168. The SMILES string of the molecule is Cn1[nH]c(=O)c2c1CNC[C@H]2N. The topological polar surface area (TPSA) is 75.8 Å². The first-order valence-electron chi connectivity index (χ1n) is 3.94. The molecule has 0 unspecified atom stereocenters. The van der Waals surface area contributed by atoms with Crippen LogP contribution >= 0.6 is 0 Å². The monoisotopic (exact) mass is 168 g/mol. The second kappa shape index (κ2) is 2.46. The van der Waals surface area contributed by atoms with Crippen LogP contribution in [0.15, 0.2) is 4.79 Å². The van der Waals surface area contributed by atoms with E-state index in [1.165, 1.54) is 0 Å². The summed E-state index contributed by atoms with van der Waals surface area (Å²) < 4.78 is 1.73. The zero-order valence-corrected chi connectivity index (χ0v) is 6.92. The van der Waals surface area contributed by atoms with Gasteiger partial charge in [-0.1, -0.05) is 0 Å². The second-order valence-corrected chi connectivity index (χ2v) is 3.10. The number of hydrogen-bond acceptors (Lipinski definition) is 3. The lowest BCUT2D eigenvalue weighted by Crippen LogP contribution is -2.35. The van der Waals surface area contributed by atoms with E-state index in [4.69, 9.17) is 5.73 Å². The smallest absolute Gasteiger partial charge is 0.269 e. The molecule has 5 heteroatoms. The van der Waals surface area contributed by atoms with E-state index in [9.17, 15) is 4.79 Å². The summed E-state index contributed by atoms with van der Waals surface area (Å²) in [4.78, 5) is 11.3. The van der Waals surface area contributed by atoms with Crippen molar-refractivity contribution in [1.29, 1.82) is 0 Å². The van der Waals surface area contributed by atoms with Crippen LogP contribution in [0.4, 0.5) is 0 Å². The van der Waals surface area contributed by atoms with Crippen LogP contribution in [0.2, 0.25) is 0 Å². The molecule has 1 aliphatic heterocycles. The lowest BCUT2D eigenvalue weighted by Gasteiger charge is -2.19. The number of nitrogens with two attached hydrogens (primary N) is 1. The van der Waals surface area contributed by atoms with Crippen LogP contribution in [0.25, 0.3) is 0 Å². The van der Waals surface area contributed by atoms with E-state index in [0.29, 0.717) is 6.54 Å². The minimum absolute atomic E-state index is 0.0542. The fourth-order valence-electron chi connectivity index (χ4n) is 1.64. The largest absolute Gasteiger partial charge is 0.323 e. The first kappa shape index (κ1) is 7.57. The van der Waals surface area contributed by atoms with Gasteiger partial charge in [-0.05, 0) is 0 Å². The standard InChI is InChI=1S/C7H12N4O/c1-11-5-3-9-2-4(8)6(5)7(12)10-11/h4,9H,2-3,8H2,1H3,(H,10,12)/t4-/m1/s1. The maximum absolute atomic E-state index is 11.3. The Bertz CT molecular complexity index is 351. The molecule has 0 saturated carbocycles. The van der Waals surface area contributed by atoms with E-state index >= 15 is 0 Å². The summed E-state index contributed by atoms with van der Waals surface area (Å²) in [6.45, 7) is 1.40. The molecule has 0 aliphatic carbocycles. The summed E-state index contributed by atoms with van der Waals surface area (Å²) in [5, 5.41) is 5.83. The van der Waals surface area contributed by atoms with E-state index in [0.717, 1.165) is 17.8 Å². The van der Waals surface area contributed by atoms with E-state index in [1.807, 2.05) is 7.05 Å². The van der Waals surface area contributed by atoms with E-state index in [2.05, 4.69) is 10.4 Å². The van der Waals surface area contributed by atoms with Crippen molar-refractivity contribution in [3.8, 4) is 0 Å². The van der Waals surface area contributed by atoms with Crippen LogP contribution in [0.5, 0.6) is 0 Å². The van der Waals surface area contributed by atoms with Gasteiger partial charge in [-0.15, -0.1) is 0 Å². The summed E-state index contributed by atoms with van der Waals surface area (Å²) in [6.07, 6.45) is 0. The van der Waals surface area contributed by atoms with Crippen LogP contribution in [-0.2, 0) is 13.6 Å². The molecule has 0 spiro atoms. The molecule has 4 N–H and O–H groups in total. The molecule has 0 fully saturated rings.